The van der Waals surface area contributed by atoms with Crippen molar-refractivity contribution in [2.45, 2.75) is 32.2 Å². The quantitative estimate of drug-likeness (QED) is 0.780. The Kier molecular flexibility index (Phi) is 6.81. The van der Waals surface area contributed by atoms with Crippen LogP contribution in [-0.2, 0) is 16.6 Å². The normalized spacial score (nSPS) is 11.6. The maximum atomic E-state index is 12.6. The van der Waals surface area contributed by atoms with Gasteiger partial charge in [-0.1, -0.05) is 55.3 Å². The highest BCUT2D eigenvalue weighted by Crippen LogP contribution is 2.23. The smallest absolute Gasteiger partial charge is 0.253 e. The van der Waals surface area contributed by atoms with Crippen LogP contribution < -0.4 is 5.32 Å². The molecule has 0 heterocycles. The van der Waals surface area contributed by atoms with Gasteiger partial charge in [0.1, 0.15) is 0 Å². The van der Waals surface area contributed by atoms with Gasteiger partial charge in [-0.2, -0.15) is 4.31 Å². The monoisotopic (exact) mass is 394 g/mol. The Labute approximate surface area is 160 Å². The largest absolute Gasteiger partial charge is 0.348 e. The highest BCUT2D eigenvalue weighted by atomic mass is 35.5. The Balaban J connectivity index is 2.23. The van der Waals surface area contributed by atoms with Gasteiger partial charge in [0.05, 0.1) is 15.5 Å². The van der Waals surface area contributed by atoms with Gasteiger partial charge in [-0.3, -0.25) is 4.79 Å². The van der Waals surface area contributed by atoms with E-state index in [1.807, 2.05) is 31.2 Å². The molecule has 0 unspecified atom stereocenters. The number of nitrogens with zero attached hydrogens (tertiary/aromatic N) is 1. The summed E-state index contributed by atoms with van der Waals surface area (Å²) < 4.78 is 26.6. The molecular weight excluding hydrogens is 372 g/mol. The highest BCUT2D eigenvalue weighted by Gasteiger charge is 2.23. The average Bonchev–Trinajstić information content (AvgIpc) is 2.62. The van der Waals surface area contributed by atoms with E-state index in [-0.39, 0.29) is 15.5 Å². The van der Waals surface area contributed by atoms with E-state index < -0.39 is 15.9 Å². The van der Waals surface area contributed by atoms with Crippen LogP contribution >= 0.6 is 11.6 Å². The Bertz CT molecular complexity index is 876. The molecule has 1 N–H and O–H groups in total. The number of hydrogen-bond donors (Lipinski definition) is 1. The molecule has 0 radical (unpaired) electrons. The van der Waals surface area contributed by atoms with Gasteiger partial charge in [0.2, 0.25) is 10.0 Å². The number of sulfonamides is 1. The van der Waals surface area contributed by atoms with E-state index in [0.29, 0.717) is 19.6 Å². The second-order valence-corrected chi connectivity index (χ2v) is 8.24. The van der Waals surface area contributed by atoms with Gasteiger partial charge in [-0.25, -0.2) is 8.42 Å². The summed E-state index contributed by atoms with van der Waals surface area (Å²) in [6, 6.07) is 12.0. The van der Waals surface area contributed by atoms with Gasteiger partial charge in [0, 0.05) is 19.6 Å². The maximum absolute atomic E-state index is 12.6. The fourth-order valence-electron chi connectivity index (χ4n) is 2.53. The molecule has 0 saturated heterocycles. The lowest BCUT2D eigenvalue weighted by Crippen LogP contribution is -2.31. The maximum Gasteiger partial charge on any atom is 0.253 e. The molecule has 0 aromatic heterocycles. The Hall–Kier alpha value is -1.89. The standard InChI is InChI=1S/C19H23ClN2O3S/c1-4-22(5-2)26(24,25)16-10-11-18(20)17(12-16)19(23)21-13-15-8-6-14(3)7-9-15/h6-12H,4-5,13H2,1-3H3,(H,21,23). The fourth-order valence-corrected chi connectivity index (χ4v) is 4.22. The van der Waals surface area contributed by atoms with Crippen molar-refractivity contribution in [3.8, 4) is 0 Å². The number of nitrogens with one attached hydrogen (secondary N) is 1. The molecule has 1 amide bonds. The van der Waals surface area contributed by atoms with Crippen molar-refractivity contribution in [3.05, 3.63) is 64.2 Å². The molecule has 7 heteroatoms. The second-order valence-electron chi connectivity index (χ2n) is 5.90. The van der Waals surface area contributed by atoms with Crippen LogP contribution in [0.15, 0.2) is 47.4 Å². The first-order chi connectivity index (χ1) is 12.3. The summed E-state index contributed by atoms with van der Waals surface area (Å²) in [5, 5.41) is 2.99. The summed E-state index contributed by atoms with van der Waals surface area (Å²) in [6.45, 7) is 6.58. The Morgan fingerprint density at radius 1 is 1.08 bits per heavy atom. The predicted octanol–water partition coefficient (Wildman–Crippen LogP) is 3.61. The van der Waals surface area contributed by atoms with Crippen LogP contribution in [0.4, 0.5) is 0 Å². The first kappa shape index (κ1) is 20.4. The van der Waals surface area contributed by atoms with E-state index in [1.54, 1.807) is 13.8 Å². The third-order valence-electron chi connectivity index (χ3n) is 4.10. The van der Waals surface area contributed by atoms with Crippen molar-refractivity contribution in [1.82, 2.24) is 9.62 Å². The topological polar surface area (TPSA) is 66.5 Å². The summed E-state index contributed by atoms with van der Waals surface area (Å²) in [6.07, 6.45) is 0. The SMILES string of the molecule is CCN(CC)S(=O)(=O)c1ccc(Cl)c(C(=O)NCc2ccc(C)cc2)c1. The number of amides is 1. The molecular formula is C19H23ClN2O3S. The Morgan fingerprint density at radius 3 is 2.27 bits per heavy atom. The van der Waals surface area contributed by atoms with Gasteiger partial charge in [0.25, 0.3) is 5.91 Å². The van der Waals surface area contributed by atoms with Crippen LogP contribution in [0.2, 0.25) is 5.02 Å². The summed E-state index contributed by atoms with van der Waals surface area (Å²) in [5.74, 6) is -0.410. The van der Waals surface area contributed by atoms with Crippen molar-refractivity contribution in [3.63, 3.8) is 0 Å². The van der Waals surface area contributed by atoms with Crippen molar-refractivity contribution in [1.29, 1.82) is 0 Å². The minimum Gasteiger partial charge on any atom is -0.348 e. The van der Waals surface area contributed by atoms with Crippen molar-refractivity contribution in [2.75, 3.05) is 13.1 Å². The van der Waals surface area contributed by atoms with Gasteiger partial charge in [-0.15, -0.1) is 0 Å². The lowest BCUT2D eigenvalue weighted by atomic mass is 10.1. The summed E-state index contributed by atoms with van der Waals surface area (Å²) >= 11 is 6.12. The van der Waals surface area contributed by atoms with Crippen molar-refractivity contribution < 1.29 is 13.2 Å². The number of aryl methyl sites for hydroxylation is 1. The first-order valence-electron chi connectivity index (χ1n) is 8.43. The van der Waals surface area contributed by atoms with Crippen LogP contribution in [0.5, 0.6) is 0 Å². The second kappa shape index (κ2) is 8.66. The van der Waals surface area contributed by atoms with E-state index in [0.717, 1.165) is 11.1 Å². The third kappa shape index (κ3) is 4.63. The Morgan fingerprint density at radius 2 is 1.69 bits per heavy atom. The molecule has 0 aliphatic rings. The molecule has 0 fully saturated rings. The highest BCUT2D eigenvalue weighted by molar-refractivity contribution is 7.89. The van der Waals surface area contributed by atoms with E-state index in [2.05, 4.69) is 5.32 Å². The van der Waals surface area contributed by atoms with Crippen LogP contribution in [-0.4, -0.2) is 31.7 Å². The molecule has 2 aromatic carbocycles. The zero-order valence-electron chi connectivity index (χ0n) is 15.1. The van der Waals surface area contributed by atoms with Gasteiger partial charge in [-0.05, 0) is 30.7 Å². The summed E-state index contributed by atoms with van der Waals surface area (Å²) in [4.78, 5) is 12.6. The number of hydrogen-bond acceptors (Lipinski definition) is 3. The van der Waals surface area contributed by atoms with Gasteiger partial charge in [0.15, 0.2) is 0 Å². The lowest BCUT2D eigenvalue weighted by molar-refractivity contribution is 0.0951. The van der Waals surface area contributed by atoms with Crippen molar-refractivity contribution in [2.24, 2.45) is 0 Å². The molecule has 0 bridgehead atoms. The molecule has 2 rings (SSSR count). The zero-order valence-corrected chi connectivity index (χ0v) is 16.7. The molecule has 140 valence electrons. The van der Waals surface area contributed by atoms with Crippen LogP contribution in [0.1, 0.15) is 35.3 Å². The number of benzene rings is 2. The molecule has 0 aliphatic carbocycles. The number of rotatable bonds is 7. The third-order valence-corrected chi connectivity index (χ3v) is 6.47. The minimum absolute atomic E-state index is 0.0612. The molecule has 0 spiro atoms. The minimum atomic E-state index is -3.65. The van der Waals surface area contributed by atoms with E-state index in [1.165, 1.54) is 22.5 Å². The van der Waals surface area contributed by atoms with Gasteiger partial charge >= 0.3 is 0 Å². The molecule has 5 nitrogen and oxygen atoms in total. The van der Waals surface area contributed by atoms with Gasteiger partial charge < -0.3 is 5.32 Å². The first-order valence-corrected chi connectivity index (χ1v) is 10.2. The summed E-state index contributed by atoms with van der Waals surface area (Å²) in [7, 11) is -3.65. The van der Waals surface area contributed by atoms with E-state index >= 15 is 0 Å². The molecule has 0 atom stereocenters. The van der Waals surface area contributed by atoms with Crippen LogP contribution in [0, 0.1) is 6.92 Å². The molecule has 0 aliphatic heterocycles. The average molecular weight is 395 g/mol. The molecule has 26 heavy (non-hydrogen) atoms. The number of carbonyl (C=O) groups is 1. The van der Waals surface area contributed by atoms with E-state index in [9.17, 15) is 13.2 Å². The lowest BCUT2D eigenvalue weighted by Gasteiger charge is -2.19. The van der Waals surface area contributed by atoms with Crippen LogP contribution in [0.25, 0.3) is 0 Å². The summed E-state index contributed by atoms with van der Waals surface area (Å²) in [5.41, 5.74) is 2.23. The number of carbonyl (C=O) groups excluding carboxylic acids is 1. The molecule has 0 saturated carbocycles. The van der Waals surface area contributed by atoms with Crippen LogP contribution in [0.3, 0.4) is 0 Å². The zero-order chi connectivity index (χ0) is 19.3. The number of halogens is 1. The molecule has 2 aromatic rings. The van der Waals surface area contributed by atoms with E-state index in [4.69, 9.17) is 11.6 Å². The van der Waals surface area contributed by atoms with Crippen molar-refractivity contribution >= 4 is 27.5 Å². The fraction of sp³-hybridized carbons (Fsp3) is 0.316. The predicted molar refractivity (Wildman–Crippen MR) is 104 cm³/mol.